The van der Waals surface area contributed by atoms with Crippen molar-refractivity contribution in [2.24, 2.45) is 5.41 Å². The second kappa shape index (κ2) is 6.59. The van der Waals surface area contributed by atoms with Gasteiger partial charge >= 0.3 is 0 Å². The van der Waals surface area contributed by atoms with E-state index in [9.17, 15) is 4.79 Å². The lowest BCUT2D eigenvalue weighted by Gasteiger charge is -2.34. The molecule has 1 aliphatic rings. The normalized spacial score (nSPS) is 19.4. The van der Waals surface area contributed by atoms with Crippen molar-refractivity contribution < 1.29 is 4.79 Å². The zero-order chi connectivity index (χ0) is 14.6. The molecule has 20 heavy (non-hydrogen) atoms. The third kappa shape index (κ3) is 3.53. The molecule has 0 saturated carbocycles. The summed E-state index contributed by atoms with van der Waals surface area (Å²) >= 11 is 5.91. The molecule has 1 atom stereocenters. The van der Waals surface area contributed by atoms with E-state index in [-0.39, 0.29) is 17.4 Å². The number of carbonyl (C=O) groups excluding carboxylic acids is 1. The quantitative estimate of drug-likeness (QED) is 0.894. The molecule has 1 aromatic rings. The Morgan fingerprint density at radius 1 is 1.35 bits per heavy atom. The molecule has 1 heterocycles. The largest absolute Gasteiger partial charge is 0.349 e. The SMILES string of the molecule is CCC(NC(=O)C1(C)CCNCC1)c1ccc(Cl)cc1. The summed E-state index contributed by atoms with van der Waals surface area (Å²) in [4.78, 5) is 12.6. The molecule has 0 spiro atoms. The van der Waals surface area contributed by atoms with E-state index < -0.39 is 0 Å². The molecule has 1 aliphatic heterocycles. The number of hydrogen-bond acceptors (Lipinski definition) is 2. The van der Waals surface area contributed by atoms with Crippen LogP contribution in [0.1, 0.15) is 44.7 Å². The molecule has 1 fully saturated rings. The summed E-state index contributed by atoms with van der Waals surface area (Å²) in [6, 6.07) is 7.78. The van der Waals surface area contributed by atoms with Crippen LogP contribution in [-0.4, -0.2) is 19.0 Å². The fraction of sp³-hybridized carbons (Fsp3) is 0.562. The van der Waals surface area contributed by atoms with E-state index in [0.717, 1.165) is 42.9 Å². The summed E-state index contributed by atoms with van der Waals surface area (Å²) < 4.78 is 0. The van der Waals surface area contributed by atoms with Crippen LogP contribution in [0.5, 0.6) is 0 Å². The number of amides is 1. The van der Waals surface area contributed by atoms with Crippen LogP contribution in [-0.2, 0) is 4.79 Å². The summed E-state index contributed by atoms with van der Waals surface area (Å²) in [7, 11) is 0. The number of halogens is 1. The fourth-order valence-electron chi connectivity index (χ4n) is 2.65. The zero-order valence-electron chi connectivity index (χ0n) is 12.2. The molecule has 1 unspecified atom stereocenters. The molecule has 2 rings (SSSR count). The van der Waals surface area contributed by atoms with E-state index in [2.05, 4.69) is 24.5 Å². The molecule has 0 aromatic heterocycles. The Kier molecular flexibility index (Phi) is 5.06. The first kappa shape index (κ1) is 15.3. The second-order valence-corrected chi connectivity index (χ2v) is 6.23. The Labute approximate surface area is 126 Å². The van der Waals surface area contributed by atoms with Crippen LogP contribution >= 0.6 is 11.6 Å². The van der Waals surface area contributed by atoms with E-state index in [4.69, 9.17) is 11.6 Å². The van der Waals surface area contributed by atoms with Gasteiger partial charge in [-0.25, -0.2) is 0 Å². The molecule has 0 aliphatic carbocycles. The fourth-order valence-corrected chi connectivity index (χ4v) is 2.78. The van der Waals surface area contributed by atoms with E-state index >= 15 is 0 Å². The maximum absolute atomic E-state index is 12.6. The lowest BCUT2D eigenvalue weighted by molar-refractivity contribution is -0.132. The monoisotopic (exact) mass is 294 g/mol. The Morgan fingerprint density at radius 2 is 1.95 bits per heavy atom. The lowest BCUT2D eigenvalue weighted by atomic mass is 9.80. The van der Waals surface area contributed by atoms with Crippen molar-refractivity contribution in [2.45, 2.75) is 39.2 Å². The van der Waals surface area contributed by atoms with E-state index in [1.54, 1.807) is 0 Å². The van der Waals surface area contributed by atoms with Gasteiger partial charge in [0.25, 0.3) is 0 Å². The Morgan fingerprint density at radius 3 is 2.50 bits per heavy atom. The molecular formula is C16H23ClN2O. The maximum atomic E-state index is 12.6. The smallest absolute Gasteiger partial charge is 0.226 e. The summed E-state index contributed by atoms with van der Waals surface area (Å²) in [5.74, 6) is 0.167. The van der Waals surface area contributed by atoms with Gasteiger partial charge in [0.05, 0.1) is 6.04 Å². The van der Waals surface area contributed by atoms with Crippen molar-refractivity contribution in [3.8, 4) is 0 Å². The first-order chi connectivity index (χ1) is 9.55. The average Bonchev–Trinajstić information content (AvgIpc) is 2.46. The van der Waals surface area contributed by atoms with Crippen LogP contribution in [0.4, 0.5) is 0 Å². The molecule has 0 bridgehead atoms. The number of rotatable bonds is 4. The van der Waals surface area contributed by atoms with Crippen LogP contribution < -0.4 is 10.6 Å². The second-order valence-electron chi connectivity index (χ2n) is 5.80. The molecule has 2 N–H and O–H groups in total. The third-order valence-electron chi connectivity index (χ3n) is 4.24. The Hall–Kier alpha value is -1.06. The van der Waals surface area contributed by atoms with Crippen molar-refractivity contribution in [1.82, 2.24) is 10.6 Å². The first-order valence-corrected chi connectivity index (χ1v) is 7.70. The molecule has 1 aromatic carbocycles. The van der Waals surface area contributed by atoms with Gasteiger partial charge in [0.2, 0.25) is 5.91 Å². The Balaban J connectivity index is 2.05. The van der Waals surface area contributed by atoms with Gasteiger partial charge in [-0.3, -0.25) is 4.79 Å². The molecule has 1 saturated heterocycles. The van der Waals surface area contributed by atoms with Crippen LogP contribution in [0.3, 0.4) is 0 Å². The highest BCUT2D eigenvalue weighted by Crippen LogP contribution is 2.30. The predicted octanol–water partition coefficient (Wildman–Crippen LogP) is 3.30. The van der Waals surface area contributed by atoms with Crippen LogP contribution in [0.25, 0.3) is 0 Å². The summed E-state index contributed by atoms with van der Waals surface area (Å²) in [5.41, 5.74) is 0.869. The number of hydrogen-bond donors (Lipinski definition) is 2. The number of piperidine rings is 1. The van der Waals surface area contributed by atoms with Gasteiger partial charge in [-0.1, -0.05) is 37.6 Å². The number of nitrogens with one attached hydrogen (secondary N) is 2. The van der Waals surface area contributed by atoms with Crippen LogP contribution in [0.2, 0.25) is 5.02 Å². The third-order valence-corrected chi connectivity index (χ3v) is 4.49. The van der Waals surface area contributed by atoms with E-state index in [0.29, 0.717) is 0 Å². The minimum atomic E-state index is -0.245. The highest BCUT2D eigenvalue weighted by molar-refractivity contribution is 6.30. The van der Waals surface area contributed by atoms with Crippen molar-refractivity contribution in [3.63, 3.8) is 0 Å². The van der Waals surface area contributed by atoms with E-state index in [1.807, 2.05) is 24.3 Å². The molecule has 110 valence electrons. The highest BCUT2D eigenvalue weighted by Gasteiger charge is 2.35. The van der Waals surface area contributed by atoms with Crippen molar-refractivity contribution >= 4 is 17.5 Å². The molecule has 4 heteroatoms. The van der Waals surface area contributed by atoms with Gasteiger partial charge in [-0.2, -0.15) is 0 Å². The molecule has 1 amide bonds. The molecule has 0 radical (unpaired) electrons. The summed E-state index contributed by atoms with van der Waals surface area (Å²) in [6.07, 6.45) is 2.67. The molecular weight excluding hydrogens is 272 g/mol. The van der Waals surface area contributed by atoms with Gasteiger partial charge < -0.3 is 10.6 Å². The van der Waals surface area contributed by atoms with Crippen molar-refractivity contribution in [1.29, 1.82) is 0 Å². The number of carbonyl (C=O) groups is 1. The van der Waals surface area contributed by atoms with Crippen molar-refractivity contribution in [3.05, 3.63) is 34.9 Å². The highest BCUT2D eigenvalue weighted by atomic mass is 35.5. The standard InChI is InChI=1S/C16H23ClN2O/c1-3-14(12-4-6-13(17)7-5-12)19-15(20)16(2)8-10-18-11-9-16/h4-7,14,18H,3,8-11H2,1-2H3,(H,19,20). The average molecular weight is 295 g/mol. The first-order valence-electron chi connectivity index (χ1n) is 7.32. The molecule has 3 nitrogen and oxygen atoms in total. The van der Waals surface area contributed by atoms with Gasteiger partial charge in [0.1, 0.15) is 0 Å². The minimum absolute atomic E-state index is 0.0616. The van der Waals surface area contributed by atoms with Crippen LogP contribution in [0.15, 0.2) is 24.3 Å². The predicted molar refractivity (Wildman–Crippen MR) is 82.8 cm³/mol. The van der Waals surface area contributed by atoms with Crippen LogP contribution in [0, 0.1) is 5.41 Å². The van der Waals surface area contributed by atoms with E-state index in [1.165, 1.54) is 0 Å². The zero-order valence-corrected chi connectivity index (χ0v) is 13.0. The lowest BCUT2D eigenvalue weighted by Crippen LogP contribution is -2.46. The topological polar surface area (TPSA) is 41.1 Å². The Bertz CT molecular complexity index is 452. The maximum Gasteiger partial charge on any atom is 0.226 e. The van der Waals surface area contributed by atoms with Crippen molar-refractivity contribution in [2.75, 3.05) is 13.1 Å². The number of benzene rings is 1. The van der Waals surface area contributed by atoms with Gasteiger partial charge in [0, 0.05) is 10.4 Å². The van der Waals surface area contributed by atoms with Gasteiger partial charge in [-0.05, 0) is 50.0 Å². The minimum Gasteiger partial charge on any atom is -0.349 e. The van der Waals surface area contributed by atoms with Gasteiger partial charge in [-0.15, -0.1) is 0 Å². The van der Waals surface area contributed by atoms with Gasteiger partial charge in [0.15, 0.2) is 0 Å². The summed E-state index contributed by atoms with van der Waals surface area (Å²) in [6.45, 7) is 5.99. The summed E-state index contributed by atoms with van der Waals surface area (Å²) in [5, 5.41) is 7.23.